The van der Waals surface area contributed by atoms with Gasteiger partial charge in [-0.3, -0.25) is 4.90 Å². The number of hydrogen-bond donors (Lipinski definition) is 0. The standard InChI is InChI=1S/C20H32N2O3/c1-21(15-19-3-2-10-24-19)18-13-20(25-16-18)6-8-22(9-7-20)14-17-4-11-23-12-5-17/h2-3,10,17-18H,4-9,11-16H2,1H3. The Hall–Kier alpha value is -0.880. The van der Waals surface area contributed by atoms with Crippen molar-refractivity contribution in [3.05, 3.63) is 24.2 Å². The van der Waals surface area contributed by atoms with Gasteiger partial charge in [-0.05, 0) is 57.2 Å². The average Bonchev–Trinajstić information content (AvgIpc) is 3.29. The highest BCUT2D eigenvalue weighted by Crippen LogP contribution is 2.38. The smallest absolute Gasteiger partial charge is 0.117 e. The Bertz CT molecular complexity index is 519. The number of hydrogen-bond acceptors (Lipinski definition) is 5. The molecule has 1 atom stereocenters. The summed E-state index contributed by atoms with van der Waals surface area (Å²) in [5.74, 6) is 1.87. The minimum Gasteiger partial charge on any atom is -0.468 e. The van der Waals surface area contributed by atoms with Crippen LogP contribution < -0.4 is 0 Å². The SMILES string of the molecule is CN(Cc1ccco1)C1COC2(CCN(CC3CCOCC3)CC2)C1. The lowest BCUT2D eigenvalue weighted by molar-refractivity contribution is -0.0490. The third-order valence-electron chi connectivity index (χ3n) is 6.42. The first-order valence-electron chi connectivity index (χ1n) is 9.89. The van der Waals surface area contributed by atoms with E-state index >= 15 is 0 Å². The van der Waals surface area contributed by atoms with Crippen LogP contribution in [0.3, 0.4) is 0 Å². The molecule has 140 valence electrons. The van der Waals surface area contributed by atoms with E-state index in [2.05, 4.69) is 22.9 Å². The van der Waals surface area contributed by atoms with Crippen molar-refractivity contribution in [1.82, 2.24) is 9.80 Å². The lowest BCUT2D eigenvalue weighted by Gasteiger charge is -2.40. The minimum atomic E-state index is 0.119. The Kier molecular flexibility index (Phi) is 5.46. The van der Waals surface area contributed by atoms with Gasteiger partial charge in [0.05, 0.1) is 25.0 Å². The maximum atomic E-state index is 6.35. The van der Waals surface area contributed by atoms with Crippen molar-refractivity contribution in [2.45, 2.75) is 50.3 Å². The maximum Gasteiger partial charge on any atom is 0.117 e. The fourth-order valence-corrected chi connectivity index (χ4v) is 4.67. The fraction of sp³-hybridized carbons (Fsp3) is 0.800. The molecule has 1 unspecified atom stereocenters. The Balaban J connectivity index is 1.24. The van der Waals surface area contributed by atoms with Gasteiger partial charge >= 0.3 is 0 Å². The number of nitrogens with zero attached hydrogens (tertiary/aromatic N) is 2. The first kappa shape index (κ1) is 17.5. The molecule has 1 aromatic heterocycles. The molecule has 0 saturated carbocycles. The second kappa shape index (κ2) is 7.78. The quantitative estimate of drug-likeness (QED) is 0.818. The molecule has 0 N–H and O–H groups in total. The summed E-state index contributed by atoms with van der Waals surface area (Å²) in [6, 6.07) is 4.52. The molecular formula is C20H32N2O3. The van der Waals surface area contributed by atoms with Gasteiger partial charge in [0, 0.05) is 38.9 Å². The Morgan fingerprint density at radius 1 is 1.24 bits per heavy atom. The summed E-state index contributed by atoms with van der Waals surface area (Å²) < 4.78 is 17.3. The number of rotatable bonds is 5. The Morgan fingerprint density at radius 3 is 2.76 bits per heavy atom. The van der Waals surface area contributed by atoms with E-state index in [0.717, 1.165) is 44.5 Å². The fourth-order valence-electron chi connectivity index (χ4n) is 4.67. The molecular weight excluding hydrogens is 316 g/mol. The van der Waals surface area contributed by atoms with Gasteiger partial charge in [0.1, 0.15) is 5.76 Å². The first-order valence-corrected chi connectivity index (χ1v) is 9.89. The zero-order valence-electron chi connectivity index (χ0n) is 15.5. The van der Waals surface area contributed by atoms with E-state index in [1.165, 1.54) is 45.3 Å². The van der Waals surface area contributed by atoms with Crippen molar-refractivity contribution in [3.8, 4) is 0 Å². The average molecular weight is 348 g/mol. The van der Waals surface area contributed by atoms with E-state index < -0.39 is 0 Å². The van der Waals surface area contributed by atoms with E-state index in [-0.39, 0.29) is 5.60 Å². The molecule has 5 heteroatoms. The predicted octanol–water partition coefficient (Wildman–Crippen LogP) is 2.76. The van der Waals surface area contributed by atoms with Crippen LogP contribution >= 0.6 is 0 Å². The van der Waals surface area contributed by atoms with Crippen LogP contribution in [0.4, 0.5) is 0 Å². The van der Waals surface area contributed by atoms with Crippen LogP contribution in [0.25, 0.3) is 0 Å². The highest BCUT2D eigenvalue weighted by Gasteiger charge is 2.44. The van der Waals surface area contributed by atoms with Crippen molar-refractivity contribution in [1.29, 1.82) is 0 Å². The molecule has 1 spiro atoms. The van der Waals surface area contributed by atoms with E-state index in [1.807, 2.05) is 6.07 Å². The van der Waals surface area contributed by atoms with Crippen molar-refractivity contribution in [2.24, 2.45) is 5.92 Å². The molecule has 4 heterocycles. The minimum absolute atomic E-state index is 0.119. The molecule has 5 nitrogen and oxygen atoms in total. The van der Waals surface area contributed by atoms with Gasteiger partial charge in [0.2, 0.25) is 0 Å². The van der Waals surface area contributed by atoms with Gasteiger partial charge in [0.25, 0.3) is 0 Å². The van der Waals surface area contributed by atoms with Gasteiger partial charge in [-0.1, -0.05) is 0 Å². The van der Waals surface area contributed by atoms with E-state index in [9.17, 15) is 0 Å². The number of ether oxygens (including phenoxy) is 2. The van der Waals surface area contributed by atoms with Crippen molar-refractivity contribution in [2.75, 3.05) is 46.5 Å². The normalized spacial score (nSPS) is 28.2. The monoisotopic (exact) mass is 348 g/mol. The van der Waals surface area contributed by atoms with Gasteiger partial charge < -0.3 is 18.8 Å². The maximum absolute atomic E-state index is 6.35. The van der Waals surface area contributed by atoms with Gasteiger partial charge in [-0.15, -0.1) is 0 Å². The van der Waals surface area contributed by atoms with Crippen LogP contribution in [0, 0.1) is 5.92 Å². The topological polar surface area (TPSA) is 38.1 Å². The van der Waals surface area contributed by atoms with Gasteiger partial charge in [0.15, 0.2) is 0 Å². The number of likely N-dealkylation sites (tertiary alicyclic amines) is 1. The van der Waals surface area contributed by atoms with Gasteiger partial charge in [-0.2, -0.15) is 0 Å². The van der Waals surface area contributed by atoms with E-state index in [0.29, 0.717) is 6.04 Å². The van der Waals surface area contributed by atoms with Crippen LogP contribution in [-0.4, -0.2) is 67.9 Å². The molecule has 1 aromatic rings. The molecule has 3 saturated heterocycles. The molecule has 3 fully saturated rings. The van der Waals surface area contributed by atoms with Crippen LogP contribution in [0.15, 0.2) is 22.8 Å². The lowest BCUT2D eigenvalue weighted by atomic mass is 9.86. The Morgan fingerprint density at radius 2 is 2.04 bits per heavy atom. The van der Waals surface area contributed by atoms with Crippen LogP contribution in [0.2, 0.25) is 0 Å². The van der Waals surface area contributed by atoms with Crippen LogP contribution in [0.1, 0.15) is 37.9 Å². The largest absolute Gasteiger partial charge is 0.468 e. The second-order valence-corrected chi connectivity index (χ2v) is 8.20. The third kappa shape index (κ3) is 4.27. The molecule has 3 aliphatic rings. The van der Waals surface area contributed by atoms with E-state index in [4.69, 9.17) is 13.9 Å². The molecule has 3 aliphatic heterocycles. The van der Waals surface area contributed by atoms with Crippen molar-refractivity contribution >= 4 is 0 Å². The molecule has 25 heavy (non-hydrogen) atoms. The summed E-state index contributed by atoms with van der Waals surface area (Å²) in [6.07, 6.45) is 7.75. The Labute approximate surface area is 151 Å². The second-order valence-electron chi connectivity index (χ2n) is 8.20. The van der Waals surface area contributed by atoms with Crippen LogP contribution in [-0.2, 0) is 16.0 Å². The molecule has 0 aliphatic carbocycles. The molecule has 4 rings (SSSR count). The van der Waals surface area contributed by atoms with Crippen molar-refractivity contribution < 1.29 is 13.9 Å². The molecule has 0 radical (unpaired) electrons. The summed E-state index contributed by atoms with van der Waals surface area (Å²) in [7, 11) is 2.19. The van der Waals surface area contributed by atoms with Crippen molar-refractivity contribution in [3.63, 3.8) is 0 Å². The third-order valence-corrected chi connectivity index (χ3v) is 6.42. The highest BCUT2D eigenvalue weighted by molar-refractivity contribution is 5.01. The molecule has 0 bridgehead atoms. The zero-order chi connectivity index (χ0) is 17.1. The molecule has 0 aromatic carbocycles. The van der Waals surface area contributed by atoms with Crippen LogP contribution in [0.5, 0.6) is 0 Å². The predicted molar refractivity (Wildman–Crippen MR) is 96.5 cm³/mol. The summed E-state index contributed by atoms with van der Waals surface area (Å²) >= 11 is 0. The zero-order valence-corrected chi connectivity index (χ0v) is 15.5. The first-order chi connectivity index (χ1) is 12.2. The summed E-state index contributed by atoms with van der Waals surface area (Å²) in [5, 5.41) is 0. The van der Waals surface area contributed by atoms with E-state index in [1.54, 1.807) is 6.26 Å². The summed E-state index contributed by atoms with van der Waals surface area (Å²) in [6.45, 7) is 7.26. The summed E-state index contributed by atoms with van der Waals surface area (Å²) in [5.41, 5.74) is 0.119. The summed E-state index contributed by atoms with van der Waals surface area (Å²) in [4.78, 5) is 5.05. The highest BCUT2D eigenvalue weighted by atomic mass is 16.5. The molecule has 0 amide bonds. The lowest BCUT2D eigenvalue weighted by Crippen LogP contribution is -2.46. The number of piperidine rings is 1. The number of furan rings is 1. The van der Waals surface area contributed by atoms with Gasteiger partial charge in [-0.25, -0.2) is 0 Å². The number of likely N-dealkylation sites (N-methyl/N-ethyl adjacent to an activating group) is 1.